The van der Waals surface area contributed by atoms with E-state index in [4.69, 9.17) is 4.74 Å². The average Bonchev–Trinajstić information content (AvgIpc) is 3.38. The van der Waals surface area contributed by atoms with Crippen LogP contribution in [0, 0.1) is 17.8 Å². The zero-order valence-electron chi connectivity index (χ0n) is 20.8. The maximum Gasteiger partial charge on any atom is 0.310 e. The van der Waals surface area contributed by atoms with Crippen molar-refractivity contribution in [1.29, 1.82) is 0 Å². The molecule has 34 heavy (non-hydrogen) atoms. The topological polar surface area (TPSA) is 87.2 Å². The van der Waals surface area contributed by atoms with Crippen LogP contribution in [0.4, 0.5) is 0 Å². The van der Waals surface area contributed by atoms with E-state index < -0.39 is 22.6 Å². The third kappa shape index (κ3) is 4.55. The van der Waals surface area contributed by atoms with Crippen molar-refractivity contribution in [3.05, 3.63) is 25.3 Å². The molecular weight excluding hydrogens is 452 g/mol. The largest absolute Gasteiger partial charge is 0.465 e. The molecular formula is C26H40N2O5S. The summed E-state index contributed by atoms with van der Waals surface area (Å²) in [6, 6.07) is -0.708. The van der Waals surface area contributed by atoms with Gasteiger partial charge in [0, 0.05) is 31.0 Å². The molecule has 3 heterocycles. The van der Waals surface area contributed by atoms with Gasteiger partial charge in [0.1, 0.15) is 6.04 Å². The Balaban J connectivity index is 1.93. The number of carbonyl (C=O) groups is 3. The van der Waals surface area contributed by atoms with Gasteiger partial charge in [0.05, 0.1) is 23.2 Å². The first-order chi connectivity index (χ1) is 16.3. The Morgan fingerprint density at radius 1 is 1.29 bits per heavy atom. The number of fused-ring (bicyclic) bond motifs is 1. The predicted molar refractivity (Wildman–Crippen MR) is 134 cm³/mol. The van der Waals surface area contributed by atoms with Crippen LogP contribution in [0.3, 0.4) is 0 Å². The van der Waals surface area contributed by atoms with Crippen molar-refractivity contribution in [2.75, 3.05) is 26.3 Å². The number of allylic oxidation sites excluding steroid dienone is 1. The lowest BCUT2D eigenvalue weighted by Gasteiger charge is -2.41. The highest BCUT2D eigenvalue weighted by Gasteiger charge is 2.76. The van der Waals surface area contributed by atoms with Crippen molar-refractivity contribution in [2.24, 2.45) is 17.8 Å². The molecule has 6 atom stereocenters. The highest BCUT2D eigenvalue weighted by molar-refractivity contribution is 8.02. The number of nitrogens with zero attached hydrogens (tertiary/aromatic N) is 2. The summed E-state index contributed by atoms with van der Waals surface area (Å²) in [5.41, 5.74) is 0. The minimum absolute atomic E-state index is 0.0215. The van der Waals surface area contributed by atoms with Crippen molar-refractivity contribution in [3.8, 4) is 0 Å². The van der Waals surface area contributed by atoms with Crippen molar-refractivity contribution in [1.82, 2.24) is 9.80 Å². The lowest BCUT2D eigenvalue weighted by Crippen LogP contribution is -2.58. The summed E-state index contributed by atoms with van der Waals surface area (Å²) in [6.07, 6.45) is 7.27. The number of thioether (sulfide) groups is 1. The Labute approximate surface area is 208 Å². The van der Waals surface area contributed by atoms with Gasteiger partial charge in [-0.2, -0.15) is 0 Å². The number of carbonyl (C=O) groups excluding carboxylic acids is 3. The lowest BCUT2D eigenvalue weighted by molar-refractivity contribution is -0.154. The second kappa shape index (κ2) is 11.3. The van der Waals surface area contributed by atoms with Crippen molar-refractivity contribution in [2.45, 2.75) is 75.0 Å². The fraction of sp³-hybridized carbons (Fsp3) is 0.731. The summed E-state index contributed by atoms with van der Waals surface area (Å²) in [6.45, 7) is 14.5. The number of amides is 2. The summed E-state index contributed by atoms with van der Waals surface area (Å²) < 4.78 is 4.99. The van der Waals surface area contributed by atoms with Gasteiger partial charge in [0.25, 0.3) is 0 Å². The Morgan fingerprint density at radius 3 is 2.65 bits per heavy atom. The van der Waals surface area contributed by atoms with E-state index in [1.165, 1.54) is 0 Å². The molecule has 1 spiro atoms. The zero-order chi connectivity index (χ0) is 25.0. The van der Waals surface area contributed by atoms with Crippen LogP contribution in [-0.4, -0.2) is 81.1 Å². The summed E-state index contributed by atoms with van der Waals surface area (Å²) in [5, 5.41) is 9.45. The first-order valence-corrected chi connectivity index (χ1v) is 13.4. The van der Waals surface area contributed by atoms with E-state index in [0.29, 0.717) is 26.1 Å². The molecule has 0 saturated carbocycles. The molecule has 7 nitrogen and oxygen atoms in total. The van der Waals surface area contributed by atoms with E-state index >= 15 is 0 Å². The molecule has 8 heteroatoms. The number of likely N-dealkylation sites (tertiary alicyclic amines) is 1. The Bertz CT molecular complexity index is 802. The highest BCUT2D eigenvalue weighted by Crippen LogP contribution is 2.68. The minimum Gasteiger partial charge on any atom is -0.465 e. The number of hydrogen-bond acceptors (Lipinski definition) is 6. The molecule has 2 amide bonds. The molecule has 0 radical (unpaired) electrons. The van der Waals surface area contributed by atoms with Crippen LogP contribution in [0.15, 0.2) is 25.3 Å². The molecule has 0 aromatic carbocycles. The SMILES string of the molecule is C=CCCCCOC(=O)[C@@H]1[C@@H]2CC(C)C3(S2)C(C(=O)N(CC=C)C(C)C)N(CCCO)C(=O)[C@H]13. The molecule has 0 aliphatic carbocycles. The van der Waals surface area contributed by atoms with Crippen LogP contribution < -0.4 is 0 Å². The van der Waals surface area contributed by atoms with E-state index in [-0.39, 0.29) is 41.6 Å². The molecule has 3 aliphatic rings. The highest BCUT2D eigenvalue weighted by atomic mass is 32.2. The van der Waals surface area contributed by atoms with Gasteiger partial charge in [-0.05, 0) is 51.9 Å². The molecule has 3 fully saturated rings. The fourth-order valence-corrected chi connectivity index (χ4v) is 8.46. The van der Waals surface area contributed by atoms with E-state index in [9.17, 15) is 19.5 Å². The molecule has 3 unspecified atom stereocenters. The lowest BCUT2D eigenvalue weighted by atomic mass is 9.66. The fourth-order valence-electron chi connectivity index (χ4n) is 6.06. The van der Waals surface area contributed by atoms with Crippen LogP contribution >= 0.6 is 11.8 Å². The smallest absolute Gasteiger partial charge is 0.310 e. The Hall–Kier alpha value is -1.80. The van der Waals surface area contributed by atoms with Crippen LogP contribution in [0.25, 0.3) is 0 Å². The first kappa shape index (κ1) is 26.8. The van der Waals surface area contributed by atoms with E-state index in [2.05, 4.69) is 20.1 Å². The molecule has 0 aromatic rings. The van der Waals surface area contributed by atoms with Gasteiger partial charge < -0.3 is 19.6 Å². The maximum atomic E-state index is 14.0. The van der Waals surface area contributed by atoms with Crippen LogP contribution in [0.2, 0.25) is 0 Å². The van der Waals surface area contributed by atoms with Crippen molar-refractivity contribution < 1.29 is 24.2 Å². The van der Waals surface area contributed by atoms with Crippen molar-refractivity contribution >= 4 is 29.5 Å². The monoisotopic (exact) mass is 492 g/mol. The van der Waals surface area contributed by atoms with Gasteiger partial charge in [-0.25, -0.2) is 0 Å². The van der Waals surface area contributed by atoms with E-state index in [1.54, 1.807) is 27.6 Å². The third-order valence-corrected chi connectivity index (χ3v) is 9.66. The third-order valence-electron chi connectivity index (χ3n) is 7.59. The second-order valence-electron chi connectivity index (χ2n) is 9.99. The zero-order valence-corrected chi connectivity index (χ0v) is 21.6. The average molecular weight is 493 g/mol. The molecule has 2 bridgehead atoms. The van der Waals surface area contributed by atoms with Crippen LogP contribution in [0.1, 0.15) is 52.9 Å². The summed E-state index contributed by atoms with van der Waals surface area (Å²) >= 11 is 1.65. The van der Waals surface area contributed by atoms with Gasteiger partial charge in [-0.15, -0.1) is 24.9 Å². The molecule has 1 N–H and O–H groups in total. The van der Waals surface area contributed by atoms with Gasteiger partial charge >= 0.3 is 5.97 Å². The molecule has 190 valence electrons. The maximum absolute atomic E-state index is 14.0. The molecule has 3 saturated heterocycles. The van der Waals surface area contributed by atoms with Gasteiger partial charge in [0.15, 0.2) is 0 Å². The number of esters is 1. The Kier molecular flexibility index (Phi) is 8.90. The molecule has 3 aliphatic heterocycles. The number of aliphatic hydroxyl groups is 1. The molecule has 3 rings (SSSR count). The second-order valence-corrected chi connectivity index (χ2v) is 11.5. The summed E-state index contributed by atoms with van der Waals surface area (Å²) in [4.78, 5) is 44.5. The summed E-state index contributed by atoms with van der Waals surface area (Å²) in [5.74, 6) is -1.55. The number of rotatable bonds is 13. The standard InChI is InChI=1S/C26H40N2O5S/c1-6-8-9-10-15-33-25(32)20-19-16-18(5)26(34-19)21(20)23(30)28(13-11-14-29)22(26)24(31)27(12-7-2)17(3)4/h6-7,17-22,29H,1-2,8-16H2,3-5H3/t18?,19-,20+,21-,22?,26?/m0/s1. The number of aliphatic hydroxyl groups excluding tert-OH is 1. The Morgan fingerprint density at radius 2 is 2.03 bits per heavy atom. The van der Waals surface area contributed by atoms with Crippen LogP contribution in [-0.2, 0) is 19.1 Å². The normalized spacial score (nSPS) is 31.6. The summed E-state index contributed by atoms with van der Waals surface area (Å²) in [7, 11) is 0. The predicted octanol–water partition coefficient (Wildman–Crippen LogP) is 3.03. The van der Waals surface area contributed by atoms with Crippen LogP contribution in [0.5, 0.6) is 0 Å². The number of unbranched alkanes of at least 4 members (excludes halogenated alkanes) is 2. The van der Waals surface area contributed by atoms with Gasteiger partial charge in [0.2, 0.25) is 11.8 Å². The van der Waals surface area contributed by atoms with Gasteiger partial charge in [-0.3, -0.25) is 14.4 Å². The van der Waals surface area contributed by atoms with E-state index in [1.807, 2.05) is 19.9 Å². The molecule has 0 aromatic heterocycles. The van der Waals surface area contributed by atoms with E-state index in [0.717, 1.165) is 25.7 Å². The minimum atomic E-state index is -0.658. The number of hydrogen-bond donors (Lipinski definition) is 1. The van der Waals surface area contributed by atoms with Gasteiger partial charge in [-0.1, -0.05) is 19.1 Å². The number of ether oxygens (including phenoxy) is 1. The quantitative estimate of drug-likeness (QED) is 0.242. The first-order valence-electron chi connectivity index (χ1n) is 12.5. The van der Waals surface area contributed by atoms with Crippen molar-refractivity contribution in [3.63, 3.8) is 0 Å².